The summed E-state index contributed by atoms with van der Waals surface area (Å²) in [6.07, 6.45) is 3.56. The standard InChI is InChI=1S/C14H12N4/c1-9-17-12-6-2-5-11(13(12)14(15)18-9)10-4-3-7-16-8-10/h2-8H,1H3,(H2,15,17,18). The molecule has 2 heterocycles. The molecule has 0 radical (unpaired) electrons. The second-order valence-electron chi connectivity index (χ2n) is 4.10. The van der Waals surface area contributed by atoms with Crippen LogP contribution in [0.25, 0.3) is 22.0 Å². The summed E-state index contributed by atoms with van der Waals surface area (Å²) >= 11 is 0. The van der Waals surface area contributed by atoms with Crippen molar-refractivity contribution in [1.82, 2.24) is 15.0 Å². The van der Waals surface area contributed by atoms with E-state index in [2.05, 4.69) is 15.0 Å². The van der Waals surface area contributed by atoms with Crippen LogP contribution in [0.5, 0.6) is 0 Å². The minimum Gasteiger partial charge on any atom is -0.383 e. The molecule has 2 N–H and O–H groups in total. The molecule has 3 aromatic rings. The van der Waals surface area contributed by atoms with E-state index in [1.165, 1.54) is 0 Å². The van der Waals surface area contributed by atoms with Gasteiger partial charge < -0.3 is 5.73 Å². The number of nitrogens with zero attached hydrogens (tertiary/aromatic N) is 3. The molecule has 4 nitrogen and oxygen atoms in total. The Morgan fingerprint density at radius 2 is 1.94 bits per heavy atom. The number of anilines is 1. The van der Waals surface area contributed by atoms with Crippen LogP contribution >= 0.6 is 0 Å². The molecule has 0 aliphatic heterocycles. The second kappa shape index (κ2) is 4.07. The molecule has 0 unspecified atom stereocenters. The zero-order valence-electron chi connectivity index (χ0n) is 9.96. The molecule has 2 aromatic heterocycles. The topological polar surface area (TPSA) is 64.7 Å². The van der Waals surface area contributed by atoms with Crippen LogP contribution in [0.4, 0.5) is 5.82 Å². The molecule has 0 bridgehead atoms. The van der Waals surface area contributed by atoms with E-state index in [-0.39, 0.29) is 0 Å². The summed E-state index contributed by atoms with van der Waals surface area (Å²) in [5.41, 5.74) is 8.91. The van der Waals surface area contributed by atoms with Gasteiger partial charge in [-0.05, 0) is 24.6 Å². The molecule has 0 fully saturated rings. The van der Waals surface area contributed by atoms with Crippen LogP contribution in [-0.4, -0.2) is 15.0 Å². The number of aromatic nitrogens is 3. The number of fused-ring (bicyclic) bond motifs is 1. The van der Waals surface area contributed by atoms with Crippen LogP contribution in [0, 0.1) is 6.92 Å². The van der Waals surface area contributed by atoms with Gasteiger partial charge in [0.25, 0.3) is 0 Å². The third-order valence-electron chi connectivity index (χ3n) is 2.84. The molecule has 1 aromatic carbocycles. The average molecular weight is 236 g/mol. The van der Waals surface area contributed by atoms with Gasteiger partial charge >= 0.3 is 0 Å². The van der Waals surface area contributed by atoms with Crippen LogP contribution in [0.2, 0.25) is 0 Å². The van der Waals surface area contributed by atoms with Crippen molar-refractivity contribution in [3.05, 3.63) is 48.5 Å². The van der Waals surface area contributed by atoms with E-state index in [0.29, 0.717) is 11.6 Å². The maximum Gasteiger partial charge on any atom is 0.135 e. The van der Waals surface area contributed by atoms with Gasteiger partial charge in [-0.2, -0.15) is 0 Å². The molecule has 0 saturated carbocycles. The maximum atomic E-state index is 6.02. The van der Waals surface area contributed by atoms with Crippen molar-refractivity contribution in [3.8, 4) is 11.1 Å². The summed E-state index contributed by atoms with van der Waals surface area (Å²) in [7, 11) is 0. The highest BCUT2D eigenvalue weighted by molar-refractivity contribution is 6.00. The van der Waals surface area contributed by atoms with Gasteiger partial charge in [-0.15, -0.1) is 0 Å². The van der Waals surface area contributed by atoms with Gasteiger partial charge in [-0.1, -0.05) is 18.2 Å². The predicted octanol–water partition coefficient (Wildman–Crippen LogP) is 2.58. The Morgan fingerprint density at radius 1 is 1.06 bits per heavy atom. The van der Waals surface area contributed by atoms with Gasteiger partial charge in [-0.3, -0.25) is 4.98 Å². The molecular weight excluding hydrogens is 224 g/mol. The average Bonchev–Trinajstić information content (AvgIpc) is 2.38. The molecule has 0 aliphatic carbocycles. The predicted molar refractivity (Wildman–Crippen MR) is 71.9 cm³/mol. The number of aryl methyl sites for hydroxylation is 1. The first kappa shape index (κ1) is 10.7. The summed E-state index contributed by atoms with van der Waals surface area (Å²) in [6, 6.07) is 9.83. The van der Waals surface area contributed by atoms with Gasteiger partial charge in [0.2, 0.25) is 0 Å². The molecule has 3 rings (SSSR count). The van der Waals surface area contributed by atoms with E-state index in [1.54, 1.807) is 6.20 Å². The van der Waals surface area contributed by atoms with E-state index in [9.17, 15) is 0 Å². The number of rotatable bonds is 1. The van der Waals surface area contributed by atoms with Gasteiger partial charge in [0.1, 0.15) is 11.6 Å². The Balaban J connectivity index is 2.37. The number of pyridine rings is 1. The van der Waals surface area contributed by atoms with Crippen molar-refractivity contribution >= 4 is 16.7 Å². The summed E-state index contributed by atoms with van der Waals surface area (Å²) in [5, 5.41) is 0.885. The molecule has 18 heavy (non-hydrogen) atoms. The lowest BCUT2D eigenvalue weighted by Gasteiger charge is -2.08. The third-order valence-corrected chi connectivity index (χ3v) is 2.84. The molecule has 0 saturated heterocycles. The number of nitrogen functional groups attached to an aromatic ring is 1. The highest BCUT2D eigenvalue weighted by Gasteiger charge is 2.09. The van der Waals surface area contributed by atoms with Crippen LogP contribution in [0.15, 0.2) is 42.7 Å². The molecule has 88 valence electrons. The highest BCUT2D eigenvalue weighted by Crippen LogP contribution is 2.30. The number of hydrogen-bond donors (Lipinski definition) is 1. The Bertz CT molecular complexity index is 708. The Labute approximate surface area is 105 Å². The van der Waals surface area contributed by atoms with Gasteiger partial charge in [0, 0.05) is 18.0 Å². The van der Waals surface area contributed by atoms with Gasteiger partial charge in [0.15, 0.2) is 0 Å². The number of nitrogens with two attached hydrogens (primary N) is 1. The maximum absolute atomic E-state index is 6.02. The Morgan fingerprint density at radius 3 is 2.72 bits per heavy atom. The normalized spacial score (nSPS) is 10.7. The van der Waals surface area contributed by atoms with Crippen molar-refractivity contribution in [2.24, 2.45) is 0 Å². The van der Waals surface area contributed by atoms with Gasteiger partial charge in [0.05, 0.1) is 10.9 Å². The van der Waals surface area contributed by atoms with Crippen molar-refractivity contribution in [2.45, 2.75) is 6.92 Å². The summed E-state index contributed by atoms with van der Waals surface area (Å²) in [6.45, 7) is 1.84. The molecule has 0 amide bonds. The van der Waals surface area contributed by atoms with Crippen LogP contribution < -0.4 is 5.73 Å². The lowest BCUT2D eigenvalue weighted by atomic mass is 10.0. The summed E-state index contributed by atoms with van der Waals surface area (Å²) in [4.78, 5) is 12.8. The molecule has 0 atom stereocenters. The summed E-state index contributed by atoms with van der Waals surface area (Å²) < 4.78 is 0. The lowest BCUT2D eigenvalue weighted by Crippen LogP contribution is -1.98. The van der Waals surface area contributed by atoms with E-state index in [4.69, 9.17) is 5.73 Å². The molecular formula is C14H12N4. The fourth-order valence-electron chi connectivity index (χ4n) is 2.09. The first-order valence-electron chi connectivity index (χ1n) is 5.69. The zero-order valence-corrected chi connectivity index (χ0v) is 9.96. The zero-order chi connectivity index (χ0) is 12.5. The van der Waals surface area contributed by atoms with E-state index in [1.807, 2.05) is 43.5 Å². The SMILES string of the molecule is Cc1nc(N)c2c(-c3cccnc3)cccc2n1. The fraction of sp³-hybridized carbons (Fsp3) is 0.0714. The largest absolute Gasteiger partial charge is 0.383 e. The van der Waals surface area contributed by atoms with E-state index in [0.717, 1.165) is 22.0 Å². The smallest absolute Gasteiger partial charge is 0.135 e. The third kappa shape index (κ3) is 1.68. The van der Waals surface area contributed by atoms with Crippen molar-refractivity contribution in [2.75, 3.05) is 5.73 Å². The number of hydrogen-bond acceptors (Lipinski definition) is 4. The molecule has 0 aliphatic rings. The van der Waals surface area contributed by atoms with Crippen LogP contribution in [0.1, 0.15) is 5.82 Å². The van der Waals surface area contributed by atoms with Crippen LogP contribution in [0.3, 0.4) is 0 Å². The number of benzene rings is 1. The molecule has 0 spiro atoms. The van der Waals surface area contributed by atoms with E-state index >= 15 is 0 Å². The minimum atomic E-state index is 0.511. The van der Waals surface area contributed by atoms with E-state index < -0.39 is 0 Å². The van der Waals surface area contributed by atoms with Crippen LogP contribution in [-0.2, 0) is 0 Å². The monoisotopic (exact) mass is 236 g/mol. The van der Waals surface area contributed by atoms with Crippen molar-refractivity contribution < 1.29 is 0 Å². The molecule has 4 heteroatoms. The fourth-order valence-corrected chi connectivity index (χ4v) is 2.09. The minimum absolute atomic E-state index is 0.511. The van der Waals surface area contributed by atoms with Crippen molar-refractivity contribution in [1.29, 1.82) is 0 Å². The Hall–Kier alpha value is -2.49. The summed E-state index contributed by atoms with van der Waals surface area (Å²) in [5.74, 6) is 1.19. The Kier molecular flexibility index (Phi) is 2.41. The first-order chi connectivity index (χ1) is 8.75. The second-order valence-corrected chi connectivity index (χ2v) is 4.10. The van der Waals surface area contributed by atoms with Crippen molar-refractivity contribution in [3.63, 3.8) is 0 Å². The lowest BCUT2D eigenvalue weighted by molar-refractivity contribution is 1.10. The highest BCUT2D eigenvalue weighted by atomic mass is 14.9. The quantitative estimate of drug-likeness (QED) is 0.705. The first-order valence-corrected chi connectivity index (χ1v) is 5.69. The van der Waals surface area contributed by atoms with Gasteiger partial charge in [-0.25, -0.2) is 9.97 Å².